The molecule has 0 aliphatic heterocycles. The van der Waals surface area contributed by atoms with Gasteiger partial charge in [0.15, 0.2) is 12.4 Å². The van der Waals surface area contributed by atoms with Crippen LogP contribution < -0.4 is 10.6 Å². The maximum atomic E-state index is 12.5. The second-order valence-corrected chi connectivity index (χ2v) is 6.29. The molecule has 12 heteroatoms. The summed E-state index contributed by atoms with van der Waals surface area (Å²) >= 11 is 11.5. The van der Waals surface area contributed by atoms with Crippen molar-refractivity contribution >= 4 is 46.8 Å². The summed E-state index contributed by atoms with van der Waals surface area (Å²) in [4.78, 5) is 39.0. The SMILES string of the molecule is O=C(COC(=O)CNC(=O)c1ccc(C(F)(F)F)cc1)Nc1ncc(Cl)cc1Cl. The van der Waals surface area contributed by atoms with Crippen LogP contribution in [0.25, 0.3) is 0 Å². The summed E-state index contributed by atoms with van der Waals surface area (Å²) in [5, 5.41) is 4.83. The van der Waals surface area contributed by atoms with E-state index in [2.05, 4.69) is 20.4 Å². The van der Waals surface area contributed by atoms with Crippen molar-refractivity contribution < 1.29 is 32.3 Å². The van der Waals surface area contributed by atoms with Crippen molar-refractivity contribution in [2.45, 2.75) is 6.18 Å². The second-order valence-electron chi connectivity index (χ2n) is 5.45. The van der Waals surface area contributed by atoms with Crippen molar-refractivity contribution in [3.8, 4) is 0 Å². The third-order valence-electron chi connectivity index (χ3n) is 3.30. The molecule has 2 N–H and O–H groups in total. The van der Waals surface area contributed by atoms with Crippen LogP contribution in [0.3, 0.4) is 0 Å². The molecule has 0 bridgehead atoms. The number of rotatable bonds is 6. The maximum absolute atomic E-state index is 12.5. The van der Waals surface area contributed by atoms with Crippen LogP contribution in [0.15, 0.2) is 36.5 Å². The molecule has 2 rings (SSSR count). The molecular formula is C17H12Cl2F3N3O4. The van der Waals surface area contributed by atoms with Gasteiger partial charge in [-0.1, -0.05) is 23.2 Å². The molecule has 0 saturated heterocycles. The summed E-state index contributed by atoms with van der Waals surface area (Å²) in [6, 6.07) is 4.79. The van der Waals surface area contributed by atoms with Gasteiger partial charge < -0.3 is 15.4 Å². The number of hydrogen-bond donors (Lipinski definition) is 2. The van der Waals surface area contributed by atoms with Gasteiger partial charge in [0.25, 0.3) is 11.8 Å². The van der Waals surface area contributed by atoms with Crippen LogP contribution in [0.4, 0.5) is 19.0 Å². The average molecular weight is 450 g/mol. The molecule has 0 aliphatic rings. The van der Waals surface area contributed by atoms with E-state index < -0.39 is 42.7 Å². The van der Waals surface area contributed by atoms with Crippen molar-refractivity contribution in [1.82, 2.24) is 10.3 Å². The number of halogens is 5. The summed E-state index contributed by atoms with van der Waals surface area (Å²) in [6.45, 7) is -1.26. The molecule has 2 amide bonds. The number of carbonyl (C=O) groups is 3. The first kappa shape index (κ1) is 22.4. The van der Waals surface area contributed by atoms with E-state index in [9.17, 15) is 27.6 Å². The van der Waals surface area contributed by atoms with E-state index in [4.69, 9.17) is 23.2 Å². The van der Waals surface area contributed by atoms with Crippen molar-refractivity contribution in [2.75, 3.05) is 18.5 Å². The highest BCUT2D eigenvalue weighted by Crippen LogP contribution is 2.29. The molecule has 0 saturated carbocycles. The second kappa shape index (κ2) is 9.57. The Labute approximate surface area is 172 Å². The van der Waals surface area contributed by atoms with E-state index in [0.29, 0.717) is 0 Å². The molecule has 0 aliphatic carbocycles. The van der Waals surface area contributed by atoms with E-state index in [0.717, 1.165) is 24.3 Å². The fraction of sp³-hybridized carbons (Fsp3) is 0.176. The predicted octanol–water partition coefficient (Wildman–Crippen LogP) is 3.32. The van der Waals surface area contributed by atoms with Crippen molar-refractivity contribution in [3.63, 3.8) is 0 Å². The normalized spacial score (nSPS) is 10.9. The monoisotopic (exact) mass is 449 g/mol. The summed E-state index contributed by atoms with van der Waals surface area (Å²) in [6.07, 6.45) is -3.27. The van der Waals surface area contributed by atoms with E-state index in [-0.39, 0.29) is 21.4 Å². The van der Waals surface area contributed by atoms with Gasteiger partial charge in [-0.25, -0.2) is 4.98 Å². The number of nitrogens with zero attached hydrogens (tertiary/aromatic N) is 1. The number of nitrogens with one attached hydrogen (secondary N) is 2. The Morgan fingerprint density at radius 2 is 1.76 bits per heavy atom. The summed E-state index contributed by atoms with van der Waals surface area (Å²) in [7, 11) is 0. The number of ether oxygens (including phenoxy) is 1. The first-order valence-corrected chi connectivity index (χ1v) is 8.54. The van der Waals surface area contributed by atoms with Crippen LogP contribution in [0.2, 0.25) is 10.0 Å². The molecule has 154 valence electrons. The number of carbonyl (C=O) groups excluding carboxylic acids is 3. The van der Waals surface area contributed by atoms with Crippen molar-refractivity contribution in [2.24, 2.45) is 0 Å². The molecule has 7 nitrogen and oxygen atoms in total. The van der Waals surface area contributed by atoms with Crippen molar-refractivity contribution in [1.29, 1.82) is 0 Å². The van der Waals surface area contributed by atoms with E-state index in [1.807, 2.05) is 0 Å². The number of anilines is 1. The Balaban J connectivity index is 1.77. The van der Waals surface area contributed by atoms with Gasteiger partial charge >= 0.3 is 12.1 Å². The lowest BCUT2D eigenvalue weighted by atomic mass is 10.1. The van der Waals surface area contributed by atoms with Crippen LogP contribution in [0, 0.1) is 0 Å². The maximum Gasteiger partial charge on any atom is 0.416 e. The molecule has 0 radical (unpaired) electrons. The summed E-state index contributed by atoms with van der Waals surface area (Å²) in [5.41, 5.74) is -0.984. The highest BCUT2D eigenvalue weighted by Gasteiger charge is 2.30. The van der Waals surface area contributed by atoms with Crippen molar-refractivity contribution in [3.05, 3.63) is 57.7 Å². The Kier molecular flexibility index (Phi) is 7.40. The zero-order chi connectivity index (χ0) is 21.6. The van der Waals surface area contributed by atoms with Crippen LogP contribution in [-0.4, -0.2) is 35.9 Å². The molecule has 1 heterocycles. The fourth-order valence-electron chi connectivity index (χ4n) is 1.94. The van der Waals surface area contributed by atoms with Gasteiger partial charge in [0.2, 0.25) is 0 Å². The highest BCUT2D eigenvalue weighted by molar-refractivity contribution is 6.36. The first-order valence-electron chi connectivity index (χ1n) is 7.78. The minimum atomic E-state index is -4.52. The number of benzene rings is 1. The van der Waals surface area contributed by atoms with Gasteiger partial charge in [-0.15, -0.1) is 0 Å². The molecule has 1 aromatic carbocycles. The van der Waals surface area contributed by atoms with Crippen LogP contribution in [0.1, 0.15) is 15.9 Å². The first-order chi connectivity index (χ1) is 13.6. The molecule has 29 heavy (non-hydrogen) atoms. The van der Waals surface area contributed by atoms with Gasteiger partial charge in [0.05, 0.1) is 15.6 Å². The Hall–Kier alpha value is -2.85. The van der Waals surface area contributed by atoms with Crippen LogP contribution in [-0.2, 0) is 20.5 Å². The number of alkyl halides is 3. The largest absolute Gasteiger partial charge is 0.454 e. The summed E-state index contributed by atoms with van der Waals surface area (Å²) in [5.74, 6) is -2.43. The molecule has 0 unspecified atom stereocenters. The zero-order valence-corrected chi connectivity index (χ0v) is 15.9. The van der Waals surface area contributed by atoms with Crippen LogP contribution in [0.5, 0.6) is 0 Å². The zero-order valence-electron chi connectivity index (χ0n) is 14.3. The van der Waals surface area contributed by atoms with E-state index in [1.165, 1.54) is 12.3 Å². The van der Waals surface area contributed by atoms with Gasteiger partial charge in [0, 0.05) is 11.8 Å². The quantitative estimate of drug-likeness (QED) is 0.659. The van der Waals surface area contributed by atoms with E-state index >= 15 is 0 Å². The van der Waals surface area contributed by atoms with Gasteiger partial charge in [-0.3, -0.25) is 14.4 Å². The third kappa shape index (κ3) is 6.91. The Bertz CT molecular complexity index is 921. The number of esters is 1. The third-order valence-corrected chi connectivity index (χ3v) is 3.79. The molecule has 0 fully saturated rings. The number of pyridine rings is 1. The lowest BCUT2D eigenvalue weighted by Crippen LogP contribution is -2.32. The lowest BCUT2D eigenvalue weighted by Gasteiger charge is -2.09. The predicted molar refractivity (Wildman–Crippen MR) is 97.6 cm³/mol. The average Bonchev–Trinajstić information content (AvgIpc) is 2.66. The number of amides is 2. The molecule has 0 spiro atoms. The summed E-state index contributed by atoms with van der Waals surface area (Å²) < 4.78 is 42.1. The van der Waals surface area contributed by atoms with Gasteiger partial charge in [0.1, 0.15) is 6.54 Å². The smallest absolute Gasteiger partial charge is 0.416 e. The minimum Gasteiger partial charge on any atom is -0.454 e. The number of aromatic nitrogens is 1. The Morgan fingerprint density at radius 1 is 1.10 bits per heavy atom. The van der Waals surface area contributed by atoms with Gasteiger partial charge in [-0.2, -0.15) is 13.2 Å². The highest BCUT2D eigenvalue weighted by atomic mass is 35.5. The minimum absolute atomic E-state index is 0.0210. The molecule has 0 atom stereocenters. The standard InChI is InChI=1S/C17H12Cl2F3N3O4/c18-11-5-12(19)15(23-6-11)25-13(26)8-29-14(27)7-24-16(28)9-1-3-10(4-2-9)17(20,21)22/h1-6H,7-8H2,(H,24,28)(H,23,25,26). The molecular weight excluding hydrogens is 438 g/mol. The van der Waals surface area contributed by atoms with Crippen LogP contribution >= 0.6 is 23.2 Å². The Morgan fingerprint density at radius 3 is 2.34 bits per heavy atom. The number of hydrogen-bond acceptors (Lipinski definition) is 5. The molecule has 2 aromatic rings. The fourth-order valence-corrected chi connectivity index (χ4v) is 2.36. The topological polar surface area (TPSA) is 97.4 Å². The molecule has 1 aromatic heterocycles. The van der Waals surface area contributed by atoms with Gasteiger partial charge in [-0.05, 0) is 30.3 Å². The van der Waals surface area contributed by atoms with E-state index in [1.54, 1.807) is 0 Å². The lowest BCUT2D eigenvalue weighted by molar-refractivity contribution is -0.146.